The summed E-state index contributed by atoms with van der Waals surface area (Å²) in [4.78, 5) is 12.8. The van der Waals surface area contributed by atoms with Gasteiger partial charge in [0, 0.05) is 16.2 Å². The molecule has 1 aromatic heterocycles. The first-order chi connectivity index (χ1) is 13.4. The summed E-state index contributed by atoms with van der Waals surface area (Å²) in [6, 6.07) is 10.3. The molecule has 0 aliphatic rings. The number of rotatable bonds is 6. The van der Waals surface area contributed by atoms with E-state index in [2.05, 4.69) is 10.4 Å². The zero-order valence-corrected chi connectivity index (χ0v) is 17.3. The molecule has 0 spiro atoms. The number of benzene rings is 2. The van der Waals surface area contributed by atoms with Crippen LogP contribution in [0, 0.1) is 0 Å². The van der Waals surface area contributed by atoms with Gasteiger partial charge in [-0.3, -0.25) is 9.48 Å². The lowest BCUT2D eigenvalue weighted by Gasteiger charge is -2.12. The van der Waals surface area contributed by atoms with Crippen LogP contribution in [0.3, 0.4) is 0 Å². The highest BCUT2D eigenvalue weighted by Gasteiger charge is 2.20. The van der Waals surface area contributed by atoms with Crippen LogP contribution in [0.15, 0.2) is 42.6 Å². The molecule has 9 heteroatoms. The molecule has 2 aromatic carbocycles. The van der Waals surface area contributed by atoms with E-state index in [1.165, 1.54) is 14.2 Å². The molecule has 146 valence electrons. The van der Waals surface area contributed by atoms with Gasteiger partial charge in [0.15, 0.2) is 5.82 Å². The number of halogens is 3. The van der Waals surface area contributed by atoms with E-state index in [0.29, 0.717) is 28.1 Å². The van der Waals surface area contributed by atoms with Gasteiger partial charge in [0.05, 0.1) is 20.8 Å². The molecule has 0 radical (unpaired) electrons. The average Bonchev–Trinajstić information content (AvgIpc) is 3.02. The number of methoxy groups -OCH3 is 2. The molecule has 0 atom stereocenters. The van der Waals surface area contributed by atoms with E-state index >= 15 is 0 Å². The van der Waals surface area contributed by atoms with Crippen LogP contribution in [0.4, 0.5) is 5.82 Å². The number of anilines is 1. The summed E-state index contributed by atoms with van der Waals surface area (Å²) >= 11 is 18.4. The van der Waals surface area contributed by atoms with Crippen LogP contribution >= 0.6 is 34.8 Å². The molecule has 1 amide bonds. The second kappa shape index (κ2) is 8.73. The van der Waals surface area contributed by atoms with Gasteiger partial charge in [-0.25, -0.2) is 0 Å². The molecular weight excluding hydrogens is 425 g/mol. The largest absolute Gasteiger partial charge is 0.496 e. The molecule has 28 heavy (non-hydrogen) atoms. The summed E-state index contributed by atoms with van der Waals surface area (Å²) in [6.45, 7) is 0.365. The zero-order chi connectivity index (χ0) is 20.3. The number of hydrogen-bond acceptors (Lipinski definition) is 4. The van der Waals surface area contributed by atoms with Crippen LogP contribution in [0.1, 0.15) is 15.9 Å². The molecule has 0 fully saturated rings. The Labute approximate surface area is 176 Å². The molecule has 1 heterocycles. The Balaban J connectivity index is 1.83. The Hall–Kier alpha value is -2.41. The van der Waals surface area contributed by atoms with Crippen molar-refractivity contribution in [2.75, 3.05) is 19.5 Å². The number of carbonyl (C=O) groups is 1. The van der Waals surface area contributed by atoms with E-state index in [1.54, 1.807) is 47.3 Å². The van der Waals surface area contributed by atoms with Crippen molar-refractivity contribution in [2.45, 2.75) is 6.54 Å². The smallest absolute Gasteiger partial charge is 0.264 e. The fourth-order valence-electron chi connectivity index (χ4n) is 2.63. The van der Waals surface area contributed by atoms with E-state index < -0.39 is 5.91 Å². The van der Waals surface area contributed by atoms with E-state index in [-0.39, 0.29) is 16.4 Å². The summed E-state index contributed by atoms with van der Waals surface area (Å²) in [5.74, 6) is 0.511. The van der Waals surface area contributed by atoms with Gasteiger partial charge >= 0.3 is 0 Å². The van der Waals surface area contributed by atoms with Gasteiger partial charge in [0.1, 0.15) is 22.1 Å². The summed E-state index contributed by atoms with van der Waals surface area (Å²) in [5, 5.41) is 8.36. The minimum atomic E-state index is -0.453. The Morgan fingerprint density at radius 1 is 1.07 bits per heavy atom. The van der Waals surface area contributed by atoms with Crippen LogP contribution in [0.25, 0.3) is 0 Å². The molecule has 0 saturated carbocycles. The minimum Gasteiger partial charge on any atom is -0.496 e. The second-order valence-electron chi connectivity index (χ2n) is 5.75. The molecule has 1 N–H and O–H groups in total. The van der Waals surface area contributed by atoms with E-state index in [1.807, 2.05) is 0 Å². The van der Waals surface area contributed by atoms with Crippen molar-refractivity contribution in [3.05, 3.63) is 68.8 Å². The number of hydrogen-bond donors (Lipinski definition) is 1. The fourth-order valence-corrected chi connectivity index (χ4v) is 3.30. The van der Waals surface area contributed by atoms with Gasteiger partial charge in [0.25, 0.3) is 5.91 Å². The van der Waals surface area contributed by atoms with E-state index in [4.69, 9.17) is 44.3 Å². The van der Waals surface area contributed by atoms with Crippen molar-refractivity contribution in [1.82, 2.24) is 9.78 Å². The SMILES string of the molecule is COc1cccc(OC)c1C(=O)Nc1nn(Cc2ccc(Cl)cc2Cl)cc1Cl. The van der Waals surface area contributed by atoms with Crippen molar-refractivity contribution >= 4 is 46.5 Å². The van der Waals surface area contributed by atoms with Crippen LogP contribution in [0.2, 0.25) is 15.1 Å². The lowest BCUT2D eigenvalue weighted by molar-refractivity contribution is 0.102. The molecule has 6 nitrogen and oxygen atoms in total. The van der Waals surface area contributed by atoms with Crippen molar-refractivity contribution in [1.29, 1.82) is 0 Å². The highest BCUT2D eigenvalue weighted by atomic mass is 35.5. The molecular formula is C19H16Cl3N3O3. The number of amides is 1. The number of nitrogens with one attached hydrogen (secondary N) is 1. The summed E-state index contributed by atoms with van der Waals surface area (Å²) in [7, 11) is 2.95. The van der Waals surface area contributed by atoms with Crippen LogP contribution in [-0.2, 0) is 6.54 Å². The molecule has 0 saturated heterocycles. The predicted octanol–water partition coefficient (Wildman–Crippen LogP) is 5.16. The van der Waals surface area contributed by atoms with E-state index in [9.17, 15) is 4.79 Å². The summed E-state index contributed by atoms with van der Waals surface area (Å²) in [5.41, 5.74) is 1.06. The predicted molar refractivity (Wildman–Crippen MR) is 110 cm³/mol. The lowest BCUT2D eigenvalue weighted by Crippen LogP contribution is -2.15. The van der Waals surface area contributed by atoms with Crippen LogP contribution in [-0.4, -0.2) is 29.9 Å². The third-order valence-electron chi connectivity index (χ3n) is 3.95. The van der Waals surface area contributed by atoms with Crippen LogP contribution < -0.4 is 14.8 Å². The maximum atomic E-state index is 12.8. The first kappa shape index (κ1) is 20.3. The number of carbonyl (C=O) groups excluding carboxylic acids is 1. The summed E-state index contributed by atoms with van der Waals surface area (Å²) in [6.07, 6.45) is 1.60. The average molecular weight is 441 g/mol. The van der Waals surface area contributed by atoms with Crippen LogP contribution in [0.5, 0.6) is 11.5 Å². The Morgan fingerprint density at radius 3 is 2.36 bits per heavy atom. The molecule has 0 aliphatic carbocycles. The van der Waals surface area contributed by atoms with Gasteiger partial charge in [-0.1, -0.05) is 46.9 Å². The van der Waals surface area contributed by atoms with Gasteiger partial charge in [-0.15, -0.1) is 0 Å². The number of nitrogens with zero attached hydrogens (tertiary/aromatic N) is 2. The highest BCUT2D eigenvalue weighted by Crippen LogP contribution is 2.30. The number of ether oxygens (including phenoxy) is 2. The molecule has 3 aromatic rings. The quantitative estimate of drug-likeness (QED) is 0.575. The van der Waals surface area contributed by atoms with Crippen molar-refractivity contribution in [3.63, 3.8) is 0 Å². The van der Waals surface area contributed by atoms with Gasteiger partial charge in [0.2, 0.25) is 0 Å². The molecule has 0 aliphatic heterocycles. The number of aromatic nitrogens is 2. The minimum absolute atomic E-state index is 0.213. The van der Waals surface area contributed by atoms with Gasteiger partial charge in [-0.05, 0) is 29.8 Å². The highest BCUT2D eigenvalue weighted by molar-refractivity contribution is 6.35. The van der Waals surface area contributed by atoms with Crippen molar-refractivity contribution in [2.24, 2.45) is 0 Å². The zero-order valence-electron chi connectivity index (χ0n) is 15.0. The van der Waals surface area contributed by atoms with E-state index in [0.717, 1.165) is 5.56 Å². The van der Waals surface area contributed by atoms with Crippen molar-refractivity contribution in [3.8, 4) is 11.5 Å². The normalized spacial score (nSPS) is 10.6. The Bertz CT molecular complexity index is 999. The maximum absolute atomic E-state index is 12.8. The third-order valence-corrected chi connectivity index (χ3v) is 4.81. The Kier molecular flexibility index (Phi) is 6.34. The standard InChI is InChI=1S/C19H16Cl3N3O3/c1-27-15-4-3-5-16(28-2)17(15)19(26)23-18-14(22)10-25(24-18)9-11-6-7-12(20)8-13(11)21/h3-8,10H,9H2,1-2H3,(H,23,24,26). The molecule has 0 bridgehead atoms. The first-order valence-electron chi connectivity index (χ1n) is 8.12. The molecule has 0 unspecified atom stereocenters. The monoisotopic (exact) mass is 439 g/mol. The first-order valence-corrected chi connectivity index (χ1v) is 9.25. The third kappa shape index (κ3) is 4.35. The lowest BCUT2D eigenvalue weighted by atomic mass is 10.1. The molecule has 3 rings (SSSR count). The fraction of sp³-hybridized carbons (Fsp3) is 0.158. The van der Waals surface area contributed by atoms with Gasteiger partial charge in [-0.2, -0.15) is 5.10 Å². The van der Waals surface area contributed by atoms with Gasteiger partial charge < -0.3 is 14.8 Å². The second-order valence-corrected chi connectivity index (χ2v) is 7.00. The summed E-state index contributed by atoms with van der Waals surface area (Å²) < 4.78 is 12.1. The maximum Gasteiger partial charge on any atom is 0.264 e. The van der Waals surface area contributed by atoms with Crippen molar-refractivity contribution < 1.29 is 14.3 Å². The topological polar surface area (TPSA) is 65.4 Å². The Morgan fingerprint density at radius 2 is 1.75 bits per heavy atom.